The van der Waals surface area contributed by atoms with Crippen LogP contribution < -0.4 is 0 Å². The summed E-state index contributed by atoms with van der Waals surface area (Å²) in [7, 11) is 1.83. The molecule has 0 bridgehead atoms. The molecule has 0 aromatic carbocycles. The molecule has 4 rings (SSSR count). The first kappa shape index (κ1) is 13.2. The van der Waals surface area contributed by atoms with Gasteiger partial charge in [-0.1, -0.05) is 0 Å². The van der Waals surface area contributed by atoms with E-state index in [2.05, 4.69) is 9.97 Å². The lowest BCUT2D eigenvalue weighted by Crippen LogP contribution is -2.42. The smallest absolute Gasteiger partial charge is 0.274 e. The van der Waals surface area contributed by atoms with E-state index in [9.17, 15) is 9.59 Å². The Hall–Kier alpha value is -2.44. The summed E-state index contributed by atoms with van der Waals surface area (Å²) in [6.07, 6.45) is 6.12. The summed E-state index contributed by atoms with van der Waals surface area (Å²) in [6.45, 7) is 1.92. The van der Waals surface area contributed by atoms with E-state index in [0.717, 1.165) is 13.0 Å². The van der Waals surface area contributed by atoms with Crippen LogP contribution in [0.4, 0.5) is 0 Å². The summed E-state index contributed by atoms with van der Waals surface area (Å²) in [6, 6.07) is 1.79. The van der Waals surface area contributed by atoms with E-state index >= 15 is 0 Å². The van der Waals surface area contributed by atoms with Gasteiger partial charge in [-0.25, -0.2) is 9.97 Å². The molecule has 0 saturated carbocycles. The minimum atomic E-state index is -0.115. The molecule has 2 aromatic heterocycles. The van der Waals surface area contributed by atoms with E-state index in [0.29, 0.717) is 24.6 Å². The van der Waals surface area contributed by atoms with Crippen molar-refractivity contribution >= 4 is 17.6 Å². The van der Waals surface area contributed by atoms with Crippen LogP contribution in [0.2, 0.25) is 0 Å². The van der Waals surface area contributed by atoms with Crippen molar-refractivity contribution in [1.29, 1.82) is 0 Å². The molecule has 7 heteroatoms. The van der Waals surface area contributed by atoms with Crippen LogP contribution in [0.15, 0.2) is 24.7 Å². The van der Waals surface area contributed by atoms with Crippen LogP contribution in [0.25, 0.3) is 5.78 Å². The fourth-order valence-electron chi connectivity index (χ4n) is 3.46. The van der Waals surface area contributed by atoms with Gasteiger partial charge in [-0.15, -0.1) is 0 Å². The number of rotatable bonds is 1. The van der Waals surface area contributed by atoms with E-state index in [4.69, 9.17) is 0 Å². The van der Waals surface area contributed by atoms with Crippen molar-refractivity contribution in [2.24, 2.45) is 11.8 Å². The summed E-state index contributed by atoms with van der Waals surface area (Å²) < 4.78 is 1.73. The van der Waals surface area contributed by atoms with Crippen molar-refractivity contribution in [3.05, 3.63) is 30.4 Å². The predicted octanol–water partition coefficient (Wildman–Crippen LogP) is 0.280. The fourth-order valence-corrected chi connectivity index (χ4v) is 3.46. The summed E-state index contributed by atoms with van der Waals surface area (Å²) >= 11 is 0. The second kappa shape index (κ2) is 4.79. The Bertz CT molecular complexity index is 722. The van der Waals surface area contributed by atoms with Crippen molar-refractivity contribution in [1.82, 2.24) is 24.2 Å². The fraction of sp³-hybridized carbons (Fsp3) is 0.467. The first-order chi connectivity index (χ1) is 10.6. The number of carbonyl (C=O) groups is 2. The molecule has 114 valence electrons. The van der Waals surface area contributed by atoms with E-state index in [1.807, 2.05) is 13.2 Å². The Balaban J connectivity index is 1.57. The first-order valence-electron chi connectivity index (χ1n) is 7.47. The number of imidazole rings is 1. The number of piperidine rings is 1. The summed E-state index contributed by atoms with van der Waals surface area (Å²) in [4.78, 5) is 36.8. The molecule has 2 aliphatic rings. The van der Waals surface area contributed by atoms with Gasteiger partial charge in [0.25, 0.3) is 5.91 Å². The third kappa shape index (κ3) is 1.96. The molecule has 0 radical (unpaired) electrons. The zero-order chi connectivity index (χ0) is 15.3. The van der Waals surface area contributed by atoms with Gasteiger partial charge >= 0.3 is 0 Å². The van der Waals surface area contributed by atoms with Crippen LogP contribution in [-0.2, 0) is 4.79 Å². The van der Waals surface area contributed by atoms with Gasteiger partial charge in [0.15, 0.2) is 0 Å². The van der Waals surface area contributed by atoms with Gasteiger partial charge in [-0.05, 0) is 18.4 Å². The van der Waals surface area contributed by atoms with E-state index in [1.54, 1.807) is 32.7 Å². The van der Waals surface area contributed by atoms with Crippen LogP contribution in [-0.4, -0.2) is 62.7 Å². The SMILES string of the molecule is CN1CC[C@@H]2CN(C(=O)c3cn4cccnc4n3)C[C@@H]2C1=O. The summed E-state index contributed by atoms with van der Waals surface area (Å²) in [5.41, 5.74) is 0.387. The number of carbonyl (C=O) groups excluding carboxylic acids is 2. The molecule has 4 heterocycles. The van der Waals surface area contributed by atoms with E-state index in [1.165, 1.54) is 0 Å². The van der Waals surface area contributed by atoms with Crippen molar-refractivity contribution in [3.63, 3.8) is 0 Å². The largest absolute Gasteiger partial charge is 0.345 e. The molecule has 2 saturated heterocycles. The zero-order valence-electron chi connectivity index (χ0n) is 12.3. The molecular weight excluding hydrogens is 282 g/mol. The Morgan fingerprint density at radius 2 is 2.23 bits per heavy atom. The third-order valence-electron chi connectivity index (χ3n) is 4.71. The number of fused-ring (bicyclic) bond motifs is 2. The lowest BCUT2D eigenvalue weighted by molar-refractivity contribution is -0.137. The molecule has 2 atom stereocenters. The molecule has 2 fully saturated rings. The normalized spacial score (nSPS) is 24.9. The molecule has 0 aliphatic carbocycles. The molecule has 22 heavy (non-hydrogen) atoms. The highest BCUT2D eigenvalue weighted by Gasteiger charge is 2.43. The highest BCUT2D eigenvalue weighted by Crippen LogP contribution is 2.32. The number of hydrogen-bond acceptors (Lipinski definition) is 4. The van der Waals surface area contributed by atoms with Crippen molar-refractivity contribution in [2.75, 3.05) is 26.7 Å². The van der Waals surface area contributed by atoms with Crippen LogP contribution >= 0.6 is 0 Å². The van der Waals surface area contributed by atoms with Gasteiger partial charge in [-0.2, -0.15) is 0 Å². The molecule has 0 unspecified atom stereocenters. The highest BCUT2D eigenvalue weighted by molar-refractivity contribution is 5.93. The Kier molecular flexibility index (Phi) is 2.88. The maximum atomic E-state index is 12.6. The van der Waals surface area contributed by atoms with Crippen LogP contribution in [0.1, 0.15) is 16.9 Å². The van der Waals surface area contributed by atoms with Crippen molar-refractivity contribution < 1.29 is 9.59 Å². The molecule has 2 aromatic rings. The van der Waals surface area contributed by atoms with Gasteiger partial charge < -0.3 is 9.80 Å². The Morgan fingerprint density at radius 1 is 1.36 bits per heavy atom. The topological polar surface area (TPSA) is 70.8 Å². The first-order valence-corrected chi connectivity index (χ1v) is 7.47. The monoisotopic (exact) mass is 299 g/mol. The van der Waals surface area contributed by atoms with Gasteiger partial charge in [0, 0.05) is 45.3 Å². The number of nitrogens with zero attached hydrogens (tertiary/aromatic N) is 5. The standard InChI is InChI=1S/C15H17N5O2/c1-18-6-3-10-7-20(8-11(10)13(18)21)14(22)12-9-19-5-2-4-16-15(19)17-12/h2,4-5,9-11H,3,6-8H2,1H3/t10-,11+/m1/s1. The van der Waals surface area contributed by atoms with Crippen molar-refractivity contribution in [3.8, 4) is 0 Å². The molecule has 2 aliphatic heterocycles. The second-order valence-electron chi connectivity index (χ2n) is 6.08. The van der Waals surface area contributed by atoms with Gasteiger partial charge in [0.1, 0.15) is 5.69 Å². The Labute approximate surface area is 127 Å². The lowest BCUT2D eigenvalue weighted by atomic mass is 9.88. The Morgan fingerprint density at radius 3 is 3.05 bits per heavy atom. The number of hydrogen-bond donors (Lipinski definition) is 0. The maximum absolute atomic E-state index is 12.6. The molecule has 7 nitrogen and oxygen atoms in total. The van der Waals surface area contributed by atoms with Crippen molar-refractivity contribution in [2.45, 2.75) is 6.42 Å². The van der Waals surface area contributed by atoms with Crippen LogP contribution in [0.5, 0.6) is 0 Å². The molecular formula is C15H17N5O2. The third-order valence-corrected chi connectivity index (χ3v) is 4.71. The maximum Gasteiger partial charge on any atom is 0.274 e. The average Bonchev–Trinajstić information content (AvgIpc) is 3.14. The van der Waals surface area contributed by atoms with Gasteiger partial charge in [0.2, 0.25) is 11.7 Å². The quantitative estimate of drug-likeness (QED) is 0.758. The number of aromatic nitrogens is 3. The zero-order valence-corrected chi connectivity index (χ0v) is 12.3. The minimum absolute atomic E-state index is 0.0575. The molecule has 0 spiro atoms. The van der Waals surface area contributed by atoms with Crippen LogP contribution in [0, 0.1) is 11.8 Å². The average molecular weight is 299 g/mol. The second-order valence-corrected chi connectivity index (χ2v) is 6.08. The number of amides is 2. The molecule has 0 N–H and O–H groups in total. The summed E-state index contributed by atoms with van der Waals surface area (Å²) in [5, 5.41) is 0. The number of likely N-dealkylation sites (tertiary alicyclic amines) is 2. The molecule has 2 amide bonds. The highest BCUT2D eigenvalue weighted by atomic mass is 16.2. The summed E-state index contributed by atoms with van der Waals surface area (Å²) in [5.74, 6) is 0.775. The predicted molar refractivity (Wildman–Crippen MR) is 78.1 cm³/mol. The lowest BCUT2D eigenvalue weighted by Gasteiger charge is -2.30. The van der Waals surface area contributed by atoms with Gasteiger partial charge in [0.05, 0.1) is 5.92 Å². The van der Waals surface area contributed by atoms with Gasteiger partial charge in [-0.3, -0.25) is 14.0 Å². The van der Waals surface area contributed by atoms with Crippen LogP contribution in [0.3, 0.4) is 0 Å². The van der Waals surface area contributed by atoms with E-state index in [-0.39, 0.29) is 23.7 Å². The van der Waals surface area contributed by atoms with E-state index < -0.39 is 0 Å². The minimum Gasteiger partial charge on any atom is -0.345 e.